The minimum atomic E-state index is -1.66. The molecule has 3 aromatic carbocycles. The van der Waals surface area contributed by atoms with E-state index in [2.05, 4.69) is 40.2 Å². The van der Waals surface area contributed by atoms with E-state index in [1.807, 2.05) is 89.2 Å². The number of hydrogen-bond donors (Lipinski definition) is 3. The van der Waals surface area contributed by atoms with E-state index in [1.165, 1.54) is 24.0 Å². The zero-order valence-electron chi connectivity index (χ0n) is 43.3. The summed E-state index contributed by atoms with van der Waals surface area (Å²) in [7, 11) is 7.63. The largest absolute Gasteiger partial charge is 0.467 e. The van der Waals surface area contributed by atoms with Gasteiger partial charge in [-0.05, 0) is 78.9 Å². The molecule has 0 bridgehead atoms. The molecule has 15 nitrogen and oxygen atoms in total. The van der Waals surface area contributed by atoms with Crippen LogP contribution in [-0.4, -0.2) is 130 Å². The minimum Gasteiger partial charge on any atom is -0.467 e. The molecule has 2 aliphatic rings. The maximum atomic E-state index is 14.5. The number of hydrogen-bond acceptors (Lipinski definition) is 12. The number of benzene rings is 3. The molecular formula is C55H77N5O10. The molecule has 8 unspecified atom stereocenters. The first-order valence-electron chi connectivity index (χ1n) is 24.8. The number of carbonyl (C=O) groups excluding carboxylic acids is 6. The quantitative estimate of drug-likeness (QED) is 0.0736. The Labute approximate surface area is 415 Å². The molecule has 1 saturated heterocycles. The number of likely N-dealkylation sites (N-methyl/N-ethyl adjacent to an activating group) is 2. The number of amides is 3. The van der Waals surface area contributed by atoms with Crippen molar-refractivity contribution in [3.8, 4) is 11.1 Å². The van der Waals surface area contributed by atoms with Gasteiger partial charge in [-0.25, -0.2) is 9.59 Å². The average molecular weight is 968 g/mol. The fraction of sp³-hybridized carbons (Fsp3) is 0.564. The highest BCUT2D eigenvalue weighted by Crippen LogP contribution is 2.45. The third-order valence-electron chi connectivity index (χ3n) is 14.6. The number of nitrogens with zero attached hydrogens (tertiary/aromatic N) is 2. The summed E-state index contributed by atoms with van der Waals surface area (Å²) in [6.07, 6.45) is -1.96. The molecule has 0 radical (unpaired) electrons. The topological polar surface area (TPSA) is 182 Å². The summed E-state index contributed by atoms with van der Waals surface area (Å²) in [5.74, 6) is -3.30. The molecular weight excluding hydrogens is 891 g/mol. The molecule has 0 spiro atoms. The van der Waals surface area contributed by atoms with Crippen LogP contribution in [0, 0.1) is 23.7 Å². The maximum absolute atomic E-state index is 14.5. The smallest absolute Gasteiger partial charge is 0.410 e. The van der Waals surface area contributed by atoms with Crippen molar-refractivity contribution in [2.24, 2.45) is 23.7 Å². The van der Waals surface area contributed by atoms with Crippen molar-refractivity contribution in [2.75, 3.05) is 48.6 Å². The van der Waals surface area contributed by atoms with Crippen molar-refractivity contribution in [3.05, 3.63) is 95.6 Å². The highest BCUT2D eigenvalue weighted by atomic mass is 16.6. The first-order valence-corrected chi connectivity index (χ1v) is 24.8. The van der Waals surface area contributed by atoms with Crippen molar-refractivity contribution in [1.29, 1.82) is 0 Å². The Balaban J connectivity index is 1.23. The Kier molecular flexibility index (Phi) is 19.9. The van der Waals surface area contributed by atoms with Crippen LogP contribution < -0.4 is 16.0 Å². The first-order chi connectivity index (χ1) is 33.4. The Morgan fingerprint density at radius 1 is 0.829 bits per heavy atom. The van der Waals surface area contributed by atoms with Crippen LogP contribution in [0.25, 0.3) is 11.1 Å². The number of fused-ring (bicyclic) bond motifs is 3. The molecule has 3 N–H and O–H groups in total. The third kappa shape index (κ3) is 12.0. The zero-order valence-corrected chi connectivity index (χ0v) is 43.3. The standard InChI is InChI=1S/C55H77N5O10/c1-13-46(63)60(55(7,53(65)69-12)50(68-11)36-21-15-14-16-22-36)51-41(29-30-57-51)44(62)31-45(67-10)48(56-8)35(6)27-28-43(61)47(33(2)3)58-52(64)49(34(4)5)59(9)54(66)70-32-42-39-25-19-17-23-37(39)38-24-18-20-26-40(38)42/h14-26,33-35,41-42,45,47-51,56-57H,13,27-32H2,1-12H3,(H,58,64)/t35?,41?,45?,47?,48?,49?,50?,51?,55-/m1/s1. The molecule has 382 valence electrons. The van der Waals surface area contributed by atoms with Gasteiger partial charge in [-0.2, -0.15) is 0 Å². The molecule has 70 heavy (non-hydrogen) atoms. The lowest BCUT2D eigenvalue weighted by Crippen LogP contribution is -2.66. The highest BCUT2D eigenvalue weighted by Gasteiger charge is 2.56. The van der Waals surface area contributed by atoms with Crippen molar-refractivity contribution in [3.63, 3.8) is 0 Å². The second-order valence-electron chi connectivity index (χ2n) is 19.7. The van der Waals surface area contributed by atoms with Crippen molar-refractivity contribution in [1.82, 2.24) is 25.8 Å². The number of rotatable bonds is 25. The van der Waals surface area contributed by atoms with Crippen LogP contribution in [0.4, 0.5) is 4.79 Å². The number of esters is 1. The number of Topliss-reactive ketones (excluding diaryl/α,β-unsaturated/α-hetero) is 2. The van der Waals surface area contributed by atoms with Crippen molar-refractivity contribution < 1.29 is 47.7 Å². The Hall–Kier alpha value is -5.48. The molecule has 0 saturated carbocycles. The number of ketones is 2. The van der Waals surface area contributed by atoms with E-state index < -0.39 is 59.9 Å². The van der Waals surface area contributed by atoms with Gasteiger partial charge in [0.15, 0.2) is 11.3 Å². The highest BCUT2D eigenvalue weighted by molar-refractivity contribution is 5.93. The molecule has 1 heterocycles. The molecule has 5 rings (SSSR count). The molecule has 1 fully saturated rings. The van der Waals surface area contributed by atoms with E-state index in [0.717, 1.165) is 22.3 Å². The summed E-state index contributed by atoms with van der Waals surface area (Å²) in [6.45, 7) is 13.3. The van der Waals surface area contributed by atoms with Gasteiger partial charge in [0.25, 0.3) is 0 Å². The lowest BCUT2D eigenvalue weighted by molar-refractivity contribution is -0.178. The monoisotopic (exact) mass is 968 g/mol. The predicted molar refractivity (Wildman–Crippen MR) is 269 cm³/mol. The van der Waals surface area contributed by atoms with Gasteiger partial charge in [0.2, 0.25) is 11.8 Å². The minimum absolute atomic E-state index is 0.00289. The van der Waals surface area contributed by atoms with Crippen LogP contribution in [0.15, 0.2) is 78.9 Å². The Morgan fingerprint density at radius 2 is 1.43 bits per heavy atom. The lowest BCUT2D eigenvalue weighted by Gasteiger charge is -2.47. The van der Waals surface area contributed by atoms with Gasteiger partial charge < -0.3 is 34.5 Å². The van der Waals surface area contributed by atoms with E-state index in [9.17, 15) is 28.8 Å². The van der Waals surface area contributed by atoms with Crippen LogP contribution in [-0.2, 0) is 42.9 Å². The second-order valence-corrected chi connectivity index (χ2v) is 19.7. The zero-order chi connectivity index (χ0) is 51.4. The van der Waals surface area contributed by atoms with Gasteiger partial charge in [-0.3, -0.25) is 29.4 Å². The number of nitrogens with one attached hydrogen (secondary N) is 3. The average Bonchev–Trinajstić information content (AvgIpc) is 3.96. The molecule has 3 amide bonds. The molecule has 1 aliphatic heterocycles. The maximum Gasteiger partial charge on any atom is 0.410 e. The Morgan fingerprint density at radius 3 is 1.96 bits per heavy atom. The van der Waals surface area contributed by atoms with E-state index in [-0.39, 0.29) is 73.1 Å². The van der Waals surface area contributed by atoms with E-state index >= 15 is 0 Å². The van der Waals surface area contributed by atoms with Gasteiger partial charge >= 0.3 is 12.1 Å². The van der Waals surface area contributed by atoms with E-state index in [1.54, 1.807) is 35.1 Å². The van der Waals surface area contributed by atoms with Gasteiger partial charge in [0, 0.05) is 52.5 Å². The van der Waals surface area contributed by atoms with Crippen molar-refractivity contribution >= 4 is 35.4 Å². The van der Waals surface area contributed by atoms with Crippen LogP contribution in [0.1, 0.15) is 109 Å². The summed E-state index contributed by atoms with van der Waals surface area (Å²) in [5.41, 5.74) is 3.41. The van der Waals surface area contributed by atoms with Gasteiger partial charge in [0.05, 0.1) is 31.3 Å². The number of carbonyl (C=O) groups is 6. The summed E-state index contributed by atoms with van der Waals surface area (Å²) in [6, 6.07) is 23.2. The summed E-state index contributed by atoms with van der Waals surface area (Å²) in [4.78, 5) is 87.0. The second kappa shape index (κ2) is 25.1. The molecule has 3 aromatic rings. The number of methoxy groups -OCH3 is 3. The molecule has 1 aliphatic carbocycles. The number of ether oxygens (including phenoxy) is 4. The SMILES string of the molecule is CCC(=O)N(C1NCCC1C(=O)CC(OC)C(NC)C(C)CCC(=O)C(NC(=O)C(C(C)C)N(C)C(=O)OCC1c2ccccc2-c2ccccc21)C(C)C)[C@@](C)(C(=O)OC)C(OC)c1ccccc1. The molecule has 15 heteroatoms. The first kappa shape index (κ1) is 55.4. The van der Waals surface area contributed by atoms with Crippen LogP contribution in [0.5, 0.6) is 0 Å². The van der Waals surface area contributed by atoms with Crippen molar-refractivity contribution in [2.45, 2.75) is 129 Å². The van der Waals surface area contributed by atoms with Gasteiger partial charge in [-0.15, -0.1) is 0 Å². The third-order valence-corrected chi connectivity index (χ3v) is 14.6. The summed E-state index contributed by atoms with van der Waals surface area (Å²) in [5, 5.41) is 9.68. The van der Waals surface area contributed by atoms with Crippen LogP contribution in [0.3, 0.4) is 0 Å². The fourth-order valence-corrected chi connectivity index (χ4v) is 10.9. The summed E-state index contributed by atoms with van der Waals surface area (Å²) < 4.78 is 23.2. The van der Waals surface area contributed by atoms with Crippen LogP contribution in [0.2, 0.25) is 0 Å². The molecule has 9 atom stereocenters. The van der Waals surface area contributed by atoms with E-state index in [4.69, 9.17) is 18.9 Å². The van der Waals surface area contributed by atoms with Gasteiger partial charge in [0.1, 0.15) is 24.5 Å². The fourth-order valence-electron chi connectivity index (χ4n) is 10.9. The summed E-state index contributed by atoms with van der Waals surface area (Å²) >= 11 is 0. The normalized spacial score (nSPS) is 18.9. The Bertz CT molecular complexity index is 2230. The lowest BCUT2D eigenvalue weighted by atomic mass is 9.83. The van der Waals surface area contributed by atoms with Gasteiger partial charge in [-0.1, -0.05) is 120 Å². The van der Waals surface area contributed by atoms with E-state index in [0.29, 0.717) is 24.9 Å². The molecule has 0 aromatic heterocycles. The van der Waals surface area contributed by atoms with Crippen LogP contribution >= 0.6 is 0 Å². The predicted octanol–water partition coefficient (Wildman–Crippen LogP) is 7.07.